The van der Waals surface area contributed by atoms with Gasteiger partial charge in [-0.1, -0.05) is 54.0 Å². The van der Waals surface area contributed by atoms with Crippen LogP contribution in [0.15, 0.2) is 85.8 Å². The molecule has 0 unspecified atom stereocenters. The third kappa shape index (κ3) is 7.20. The minimum atomic E-state index is 0.527. The molecule has 3 aromatic carbocycles. The number of ether oxygens (including phenoxy) is 2. The third-order valence-corrected chi connectivity index (χ3v) is 6.87. The molecule has 196 valence electrons. The van der Waals surface area contributed by atoms with Crippen LogP contribution in [0.5, 0.6) is 11.5 Å². The molecule has 38 heavy (non-hydrogen) atoms. The van der Waals surface area contributed by atoms with E-state index in [0.717, 1.165) is 48.8 Å². The molecular weight excluding hydrogens is 608 g/mol. The number of hydrogen-bond acceptors (Lipinski definition) is 5. The highest BCUT2D eigenvalue weighted by Crippen LogP contribution is 2.33. The smallest absolute Gasteiger partial charge is 0.173 e. The first kappa shape index (κ1) is 27.8. The summed E-state index contributed by atoms with van der Waals surface area (Å²) in [6.45, 7) is 7.01. The van der Waals surface area contributed by atoms with E-state index in [1.54, 1.807) is 13.3 Å². The number of aliphatic imine (C=N–C) groups is 1. The Morgan fingerprint density at radius 1 is 1.03 bits per heavy atom. The van der Waals surface area contributed by atoms with Crippen molar-refractivity contribution < 1.29 is 9.47 Å². The highest BCUT2D eigenvalue weighted by Gasteiger charge is 2.11. The number of benzene rings is 3. The predicted octanol–water partition coefficient (Wildman–Crippen LogP) is 8.20. The van der Waals surface area contributed by atoms with Gasteiger partial charge in [0.25, 0.3) is 0 Å². The van der Waals surface area contributed by atoms with Crippen LogP contribution in [0.4, 0.5) is 5.69 Å². The molecule has 1 heterocycles. The SMILES string of the molecule is COc1cc(/C=N/NC(=Nc2c(C)cc(Br)cc2Br)c2ccc3ccccc3n2)ccc1OCCC(C)C. The van der Waals surface area contributed by atoms with Crippen LogP contribution in [0.1, 0.15) is 37.1 Å². The number of fused-ring (bicyclic) bond motifs is 1. The molecule has 0 atom stereocenters. The Morgan fingerprint density at radius 2 is 1.84 bits per heavy atom. The van der Waals surface area contributed by atoms with E-state index in [4.69, 9.17) is 19.5 Å². The molecule has 0 radical (unpaired) electrons. The second kappa shape index (κ2) is 13.0. The standard InChI is InChI=1S/C30H30Br2N4O2/c1-19(2)13-14-38-27-12-9-21(16-28(27)37-4)18-33-36-30(35-29-20(3)15-23(31)17-24(29)32)26-11-10-22-7-5-6-8-25(22)34-26/h5-12,15-19H,13-14H2,1-4H3,(H,35,36)/b33-18+. The summed E-state index contributed by atoms with van der Waals surface area (Å²) in [5.41, 5.74) is 7.35. The molecule has 8 heteroatoms. The maximum absolute atomic E-state index is 5.91. The van der Waals surface area contributed by atoms with Crippen molar-refractivity contribution in [2.45, 2.75) is 27.2 Å². The van der Waals surface area contributed by atoms with Gasteiger partial charge in [-0.3, -0.25) is 5.43 Å². The molecular formula is C30H30Br2N4O2. The number of rotatable bonds is 9. The average molecular weight is 638 g/mol. The maximum atomic E-state index is 5.91. The molecule has 0 aliphatic rings. The van der Waals surface area contributed by atoms with Crippen LogP contribution in [0.2, 0.25) is 0 Å². The number of aromatic nitrogens is 1. The van der Waals surface area contributed by atoms with Crippen LogP contribution >= 0.6 is 31.9 Å². The minimum Gasteiger partial charge on any atom is -0.493 e. The van der Waals surface area contributed by atoms with Crippen LogP contribution in [-0.2, 0) is 0 Å². The van der Waals surface area contributed by atoms with Crippen molar-refractivity contribution in [1.82, 2.24) is 10.4 Å². The van der Waals surface area contributed by atoms with Gasteiger partial charge in [0, 0.05) is 14.3 Å². The first-order valence-electron chi connectivity index (χ1n) is 12.3. The fourth-order valence-corrected chi connectivity index (χ4v) is 5.27. The zero-order chi connectivity index (χ0) is 27.1. The number of halogens is 2. The highest BCUT2D eigenvalue weighted by atomic mass is 79.9. The van der Waals surface area contributed by atoms with E-state index >= 15 is 0 Å². The quantitative estimate of drug-likeness (QED) is 0.114. The summed E-state index contributed by atoms with van der Waals surface area (Å²) in [7, 11) is 1.64. The lowest BCUT2D eigenvalue weighted by molar-refractivity contribution is 0.273. The molecule has 4 aromatic rings. The minimum absolute atomic E-state index is 0.527. The Bertz CT molecular complexity index is 1460. The van der Waals surface area contributed by atoms with E-state index in [1.807, 2.05) is 73.7 Å². The molecule has 0 aliphatic carbocycles. The van der Waals surface area contributed by atoms with Crippen molar-refractivity contribution in [1.29, 1.82) is 0 Å². The van der Waals surface area contributed by atoms with E-state index in [1.165, 1.54) is 0 Å². The fraction of sp³-hybridized carbons (Fsp3) is 0.233. The van der Waals surface area contributed by atoms with Crippen molar-refractivity contribution >= 4 is 60.5 Å². The molecule has 0 amide bonds. The Balaban J connectivity index is 1.63. The molecule has 6 nitrogen and oxygen atoms in total. The van der Waals surface area contributed by atoms with Crippen molar-refractivity contribution in [3.8, 4) is 11.5 Å². The molecule has 0 fully saturated rings. The Hall–Kier alpha value is -3.23. The normalized spacial score (nSPS) is 11.9. The molecule has 0 spiro atoms. The molecule has 0 saturated carbocycles. The van der Waals surface area contributed by atoms with Crippen LogP contribution in [0.3, 0.4) is 0 Å². The number of hydrogen-bond donors (Lipinski definition) is 1. The van der Waals surface area contributed by atoms with E-state index in [0.29, 0.717) is 29.8 Å². The molecule has 1 aromatic heterocycles. The molecule has 0 aliphatic heterocycles. The highest BCUT2D eigenvalue weighted by molar-refractivity contribution is 9.11. The Labute approximate surface area is 240 Å². The maximum Gasteiger partial charge on any atom is 0.173 e. The molecule has 1 N–H and O–H groups in total. The van der Waals surface area contributed by atoms with Gasteiger partial charge in [0.15, 0.2) is 17.3 Å². The van der Waals surface area contributed by atoms with E-state index < -0.39 is 0 Å². The second-order valence-corrected chi connectivity index (χ2v) is 11.0. The van der Waals surface area contributed by atoms with Gasteiger partial charge in [0.1, 0.15) is 5.69 Å². The summed E-state index contributed by atoms with van der Waals surface area (Å²) in [4.78, 5) is 9.75. The first-order valence-corrected chi connectivity index (χ1v) is 13.9. The van der Waals surface area contributed by atoms with Gasteiger partial charge < -0.3 is 9.47 Å². The van der Waals surface area contributed by atoms with E-state index in [9.17, 15) is 0 Å². The lowest BCUT2D eigenvalue weighted by atomic mass is 10.1. The van der Waals surface area contributed by atoms with Crippen molar-refractivity contribution in [3.63, 3.8) is 0 Å². The van der Waals surface area contributed by atoms with Crippen LogP contribution in [0, 0.1) is 12.8 Å². The number of pyridine rings is 1. The number of aryl methyl sites for hydroxylation is 1. The number of methoxy groups -OCH3 is 1. The van der Waals surface area contributed by atoms with Crippen LogP contribution in [-0.4, -0.2) is 30.8 Å². The third-order valence-electron chi connectivity index (χ3n) is 5.81. The summed E-state index contributed by atoms with van der Waals surface area (Å²) < 4.78 is 13.3. The summed E-state index contributed by atoms with van der Waals surface area (Å²) in [5.74, 6) is 2.49. The first-order chi connectivity index (χ1) is 18.3. The van der Waals surface area contributed by atoms with Gasteiger partial charge in [0.05, 0.1) is 31.1 Å². The van der Waals surface area contributed by atoms with Crippen molar-refractivity contribution in [3.05, 3.63) is 92.5 Å². The van der Waals surface area contributed by atoms with Crippen LogP contribution in [0.25, 0.3) is 10.9 Å². The summed E-state index contributed by atoms with van der Waals surface area (Å²) in [5, 5.41) is 5.55. The van der Waals surface area contributed by atoms with Gasteiger partial charge >= 0.3 is 0 Å². The summed E-state index contributed by atoms with van der Waals surface area (Å²) in [6, 6.07) is 21.7. The number of nitrogens with one attached hydrogen (secondary N) is 1. The average Bonchev–Trinajstić information content (AvgIpc) is 2.89. The van der Waals surface area contributed by atoms with Gasteiger partial charge in [-0.15, -0.1) is 0 Å². The van der Waals surface area contributed by atoms with Crippen molar-refractivity contribution in [2.75, 3.05) is 13.7 Å². The zero-order valence-electron chi connectivity index (χ0n) is 21.8. The summed E-state index contributed by atoms with van der Waals surface area (Å²) >= 11 is 7.18. The van der Waals surface area contributed by atoms with Crippen molar-refractivity contribution in [2.24, 2.45) is 16.0 Å². The summed E-state index contributed by atoms with van der Waals surface area (Å²) in [6.07, 6.45) is 2.70. The predicted molar refractivity (Wildman–Crippen MR) is 163 cm³/mol. The zero-order valence-corrected chi connectivity index (χ0v) is 25.0. The largest absolute Gasteiger partial charge is 0.493 e. The van der Waals surface area contributed by atoms with Gasteiger partial charge in [0.2, 0.25) is 0 Å². The van der Waals surface area contributed by atoms with Gasteiger partial charge in [-0.05, 0) is 88.8 Å². The van der Waals surface area contributed by atoms with Gasteiger partial charge in [-0.25, -0.2) is 9.98 Å². The Morgan fingerprint density at radius 3 is 2.61 bits per heavy atom. The lowest BCUT2D eigenvalue weighted by Gasteiger charge is -2.12. The number of nitrogens with zero attached hydrogens (tertiary/aromatic N) is 3. The Kier molecular flexibility index (Phi) is 9.53. The van der Waals surface area contributed by atoms with E-state index in [-0.39, 0.29) is 0 Å². The van der Waals surface area contributed by atoms with Gasteiger partial charge in [-0.2, -0.15) is 5.10 Å². The van der Waals surface area contributed by atoms with E-state index in [2.05, 4.69) is 56.2 Å². The number of para-hydroxylation sites is 1. The molecule has 0 bridgehead atoms. The van der Waals surface area contributed by atoms with Crippen LogP contribution < -0.4 is 14.9 Å². The fourth-order valence-electron chi connectivity index (χ4n) is 3.74. The molecule has 0 saturated heterocycles. The number of hydrazone groups is 1. The number of amidine groups is 1. The molecule has 4 rings (SSSR count). The topological polar surface area (TPSA) is 68.1 Å². The monoisotopic (exact) mass is 636 g/mol. The second-order valence-electron chi connectivity index (χ2n) is 9.21. The lowest BCUT2D eigenvalue weighted by Crippen LogP contribution is -2.20.